The molecule has 5 aromatic rings. The molecular weight excluding hydrogens is 729 g/mol. The number of ketones is 2. The number of unbranched alkanes of at least 4 members (excludes halogenated alkanes) is 2. The normalized spacial score (nSPS) is 13.3. The van der Waals surface area contributed by atoms with Crippen molar-refractivity contribution in [2.24, 2.45) is 5.73 Å². The third-order valence-corrected chi connectivity index (χ3v) is 10.0. The number of H-pyrrole nitrogens is 1. The van der Waals surface area contributed by atoms with Crippen molar-refractivity contribution in [3.8, 4) is 11.3 Å². The van der Waals surface area contributed by atoms with Gasteiger partial charge in [-0.2, -0.15) is 5.10 Å². The lowest BCUT2D eigenvalue weighted by Gasteiger charge is -2.35. The fourth-order valence-electron chi connectivity index (χ4n) is 6.89. The van der Waals surface area contributed by atoms with E-state index in [1.165, 1.54) is 6.33 Å². The number of hydrogen-bond donors (Lipinski definition) is 3. The second-order valence-electron chi connectivity index (χ2n) is 14.4. The van der Waals surface area contributed by atoms with Crippen LogP contribution in [0.3, 0.4) is 0 Å². The third-order valence-electron chi connectivity index (χ3n) is 10.0. The molecule has 4 aromatic heterocycles. The number of nitrogens with zero attached hydrogens (tertiary/aromatic N) is 9. The molecule has 0 saturated carbocycles. The zero-order valence-corrected chi connectivity index (χ0v) is 32.8. The van der Waals surface area contributed by atoms with Crippen LogP contribution in [0, 0.1) is 0 Å². The number of aryl methyl sites for hydroxylation is 1. The first-order valence-corrected chi connectivity index (χ1v) is 19.7. The monoisotopic (exact) mass is 782 g/mol. The first-order chi connectivity index (χ1) is 27.8. The number of aromatic amines is 1. The predicted molar refractivity (Wildman–Crippen MR) is 217 cm³/mol. The molecule has 1 fully saturated rings. The Hall–Kier alpha value is -5.36. The fraction of sp³-hybridized carbons (Fsp3) is 0.500. The molecule has 0 atom stereocenters. The number of carbonyl (C=O) groups excluding carboxylic acids is 3. The summed E-state index contributed by atoms with van der Waals surface area (Å²) in [6, 6.07) is 8.15. The van der Waals surface area contributed by atoms with Gasteiger partial charge in [0, 0.05) is 106 Å². The number of benzene rings is 1. The molecule has 0 aliphatic carbocycles. The Kier molecular flexibility index (Phi) is 15.0. The Bertz CT molecular complexity index is 2080. The van der Waals surface area contributed by atoms with Crippen LogP contribution in [0.1, 0.15) is 50.5 Å². The molecule has 1 aromatic carbocycles. The molecule has 6 rings (SSSR count). The van der Waals surface area contributed by atoms with Gasteiger partial charge < -0.3 is 35.7 Å². The number of fused-ring (bicyclic) bond motifs is 2. The van der Waals surface area contributed by atoms with Crippen molar-refractivity contribution in [2.45, 2.75) is 58.0 Å². The van der Waals surface area contributed by atoms with Crippen molar-refractivity contribution < 1.29 is 23.9 Å². The first kappa shape index (κ1) is 41.3. The van der Waals surface area contributed by atoms with Crippen LogP contribution in [0.15, 0.2) is 49.2 Å². The second-order valence-corrected chi connectivity index (χ2v) is 14.4. The number of amides is 1. The highest BCUT2D eigenvalue weighted by atomic mass is 16.5. The summed E-state index contributed by atoms with van der Waals surface area (Å²) in [7, 11) is 1.79. The quantitative estimate of drug-likeness (QED) is 0.0813. The maximum atomic E-state index is 12.8. The molecule has 0 unspecified atom stereocenters. The van der Waals surface area contributed by atoms with Gasteiger partial charge in [-0.25, -0.2) is 24.6 Å². The van der Waals surface area contributed by atoms with E-state index >= 15 is 0 Å². The highest BCUT2D eigenvalue weighted by Gasteiger charge is 2.24. The van der Waals surface area contributed by atoms with Crippen LogP contribution in [0.2, 0.25) is 0 Å². The second kappa shape index (κ2) is 20.7. The number of piperazine rings is 1. The van der Waals surface area contributed by atoms with Gasteiger partial charge in [0.2, 0.25) is 11.9 Å². The van der Waals surface area contributed by atoms with Gasteiger partial charge in [-0.05, 0) is 44.5 Å². The average molecular weight is 783 g/mol. The largest absolute Gasteiger partial charge is 0.383 e. The van der Waals surface area contributed by atoms with Crippen LogP contribution in [-0.2, 0) is 36.9 Å². The lowest BCUT2D eigenvalue weighted by atomic mass is 10.1. The Morgan fingerprint density at radius 2 is 1.61 bits per heavy atom. The zero-order chi connectivity index (χ0) is 40.0. The summed E-state index contributed by atoms with van der Waals surface area (Å²) in [6.07, 6.45) is 11.2. The van der Waals surface area contributed by atoms with Crippen molar-refractivity contribution >= 4 is 51.2 Å². The highest BCUT2D eigenvalue weighted by molar-refractivity contribution is 5.99. The van der Waals surface area contributed by atoms with Crippen LogP contribution < -0.4 is 16.4 Å². The van der Waals surface area contributed by atoms with Crippen LogP contribution >= 0.6 is 0 Å². The molecular formula is C40H54N12O5. The summed E-state index contributed by atoms with van der Waals surface area (Å²) in [4.78, 5) is 64.0. The topological polar surface area (TPSA) is 217 Å². The van der Waals surface area contributed by atoms with Gasteiger partial charge in [0.1, 0.15) is 29.4 Å². The molecule has 1 aliphatic rings. The van der Waals surface area contributed by atoms with E-state index in [0.29, 0.717) is 109 Å². The summed E-state index contributed by atoms with van der Waals surface area (Å²) in [6.45, 7) is 5.50. The minimum atomic E-state index is 0.00410. The van der Waals surface area contributed by atoms with Crippen molar-refractivity contribution in [2.75, 3.05) is 83.4 Å². The number of hydrogen-bond acceptors (Lipinski definition) is 14. The van der Waals surface area contributed by atoms with E-state index in [4.69, 9.17) is 26.0 Å². The molecule has 0 spiro atoms. The van der Waals surface area contributed by atoms with Gasteiger partial charge >= 0.3 is 0 Å². The van der Waals surface area contributed by atoms with Gasteiger partial charge in [-0.15, -0.1) is 0 Å². The summed E-state index contributed by atoms with van der Waals surface area (Å²) in [5.41, 5.74) is 16.2. The van der Waals surface area contributed by atoms with Crippen LogP contribution in [0.4, 0.5) is 11.8 Å². The molecule has 17 nitrogen and oxygen atoms in total. The Labute approximate surface area is 332 Å². The number of Topliss-reactive ketones (excluding diaryl/α,β-unsaturated/α-hetero) is 2. The van der Waals surface area contributed by atoms with Crippen LogP contribution in [0.25, 0.3) is 33.2 Å². The van der Waals surface area contributed by atoms with E-state index in [2.05, 4.69) is 35.9 Å². The van der Waals surface area contributed by atoms with Crippen molar-refractivity contribution in [3.63, 3.8) is 0 Å². The minimum Gasteiger partial charge on any atom is -0.383 e. The summed E-state index contributed by atoms with van der Waals surface area (Å²) >= 11 is 0. The standard InChI is InChI=1S/C40H54N12O5/c1-49(27-35(55)50-14-16-51(17-15-50)40-44-24-29(23-41)25-45-40)26-33(54)7-5-18-56-20-21-57-19-11-32(53)6-3-2-4-13-52-39-36(38(42)46-28-47-39)37(48-52)31-8-9-34-30(22-31)10-12-43-34/h8-10,12,22,24-25,28,43H,2-7,11,13-21,23,26-27,41H2,1H3,(H2,42,46,47). The van der Waals surface area contributed by atoms with Crippen molar-refractivity contribution in [1.82, 2.24) is 44.5 Å². The van der Waals surface area contributed by atoms with E-state index in [1.807, 2.05) is 34.0 Å². The molecule has 5 N–H and O–H groups in total. The van der Waals surface area contributed by atoms with Crippen LogP contribution in [-0.4, -0.2) is 135 Å². The molecule has 1 amide bonds. The maximum absolute atomic E-state index is 12.8. The Morgan fingerprint density at radius 1 is 0.842 bits per heavy atom. The third kappa shape index (κ3) is 11.6. The molecule has 1 saturated heterocycles. The Morgan fingerprint density at radius 3 is 2.40 bits per heavy atom. The molecule has 0 radical (unpaired) electrons. The molecule has 17 heteroatoms. The van der Waals surface area contributed by atoms with E-state index in [1.54, 1.807) is 24.3 Å². The molecule has 304 valence electrons. The molecule has 1 aliphatic heterocycles. The minimum absolute atomic E-state index is 0.00410. The smallest absolute Gasteiger partial charge is 0.236 e. The number of anilines is 2. The predicted octanol–water partition coefficient (Wildman–Crippen LogP) is 2.99. The average Bonchev–Trinajstić information content (AvgIpc) is 3.85. The van der Waals surface area contributed by atoms with E-state index in [0.717, 1.165) is 52.4 Å². The number of likely N-dealkylation sites (N-methyl/N-ethyl adjacent to an activating group) is 1. The number of ether oxygens (including phenoxy) is 2. The van der Waals surface area contributed by atoms with Gasteiger partial charge in [-0.1, -0.05) is 12.5 Å². The van der Waals surface area contributed by atoms with Crippen molar-refractivity contribution in [3.05, 3.63) is 54.7 Å². The van der Waals surface area contributed by atoms with Gasteiger partial charge in [0.15, 0.2) is 5.65 Å². The number of nitrogens with one attached hydrogen (secondary N) is 1. The van der Waals surface area contributed by atoms with Gasteiger partial charge in [0.25, 0.3) is 0 Å². The van der Waals surface area contributed by atoms with Crippen molar-refractivity contribution in [1.29, 1.82) is 0 Å². The van der Waals surface area contributed by atoms with E-state index in [9.17, 15) is 14.4 Å². The molecule has 5 heterocycles. The fourth-order valence-corrected chi connectivity index (χ4v) is 6.89. The molecule has 57 heavy (non-hydrogen) atoms. The highest BCUT2D eigenvalue weighted by Crippen LogP contribution is 2.32. The number of carbonyl (C=O) groups is 3. The van der Waals surface area contributed by atoms with Crippen LogP contribution in [0.5, 0.6) is 0 Å². The SMILES string of the molecule is CN(CC(=O)CCCOCCOCCC(=O)CCCCCn1nc(-c2ccc3[nH]ccc3c2)c2c(N)ncnc21)CC(=O)N1CCN(c2ncc(CN)cn2)CC1. The van der Waals surface area contributed by atoms with Gasteiger partial charge in [-0.3, -0.25) is 19.3 Å². The maximum Gasteiger partial charge on any atom is 0.236 e. The lowest BCUT2D eigenvalue weighted by Crippen LogP contribution is -2.51. The summed E-state index contributed by atoms with van der Waals surface area (Å²) in [5, 5.41) is 6.71. The summed E-state index contributed by atoms with van der Waals surface area (Å²) < 4.78 is 13.1. The number of nitrogens with two attached hydrogens (primary N) is 2. The lowest BCUT2D eigenvalue weighted by molar-refractivity contribution is -0.133. The number of rotatable bonds is 23. The zero-order valence-electron chi connectivity index (χ0n) is 32.8. The Balaban J connectivity index is 0.763. The van der Waals surface area contributed by atoms with E-state index in [-0.39, 0.29) is 30.6 Å². The number of aromatic nitrogens is 7. The first-order valence-electron chi connectivity index (χ1n) is 19.7. The molecule has 0 bridgehead atoms. The number of nitrogen functional groups attached to an aromatic ring is 1. The van der Waals surface area contributed by atoms with E-state index < -0.39 is 0 Å². The summed E-state index contributed by atoms with van der Waals surface area (Å²) in [5.74, 6) is 1.29. The van der Waals surface area contributed by atoms with Gasteiger partial charge in [0.05, 0.1) is 38.3 Å².